The quantitative estimate of drug-likeness (QED) is 0.701. The van der Waals surface area contributed by atoms with Crippen molar-refractivity contribution in [1.29, 1.82) is 0 Å². The van der Waals surface area contributed by atoms with E-state index in [2.05, 4.69) is 0 Å². The molecule has 1 rings (SSSR count). The number of unbranched alkanes of at least 4 members (excludes halogenated alkanes) is 1. The SMILES string of the molecule is CCCCC1C(C(C)=O)=C(C)OC(F)=C1C(=O)OCC. The molecule has 0 saturated heterocycles. The fourth-order valence-electron chi connectivity index (χ4n) is 2.39. The van der Waals surface area contributed by atoms with Crippen molar-refractivity contribution in [3.05, 3.63) is 22.9 Å². The largest absolute Gasteiger partial charge is 0.462 e. The number of esters is 1. The van der Waals surface area contributed by atoms with Crippen LogP contribution in [0.2, 0.25) is 0 Å². The van der Waals surface area contributed by atoms with E-state index >= 15 is 0 Å². The van der Waals surface area contributed by atoms with Crippen molar-refractivity contribution in [3.63, 3.8) is 0 Å². The number of carbonyl (C=O) groups excluding carboxylic acids is 2. The Balaban J connectivity index is 3.20. The van der Waals surface area contributed by atoms with E-state index in [0.717, 1.165) is 12.8 Å². The third kappa shape index (κ3) is 3.46. The molecule has 0 saturated carbocycles. The maximum Gasteiger partial charge on any atom is 0.340 e. The molecule has 1 aliphatic rings. The Labute approximate surface area is 118 Å². The lowest BCUT2D eigenvalue weighted by atomic mass is 9.83. The highest BCUT2D eigenvalue weighted by Gasteiger charge is 2.37. The summed E-state index contributed by atoms with van der Waals surface area (Å²) in [6.07, 6.45) is 2.19. The summed E-state index contributed by atoms with van der Waals surface area (Å²) in [5, 5.41) is 0. The smallest absolute Gasteiger partial charge is 0.340 e. The summed E-state index contributed by atoms with van der Waals surface area (Å²) in [6.45, 7) is 6.72. The second-order valence-corrected chi connectivity index (χ2v) is 4.73. The number of carbonyl (C=O) groups is 2. The van der Waals surface area contributed by atoms with Gasteiger partial charge >= 0.3 is 5.97 Å². The molecule has 0 radical (unpaired) electrons. The minimum atomic E-state index is -0.952. The van der Waals surface area contributed by atoms with Crippen LogP contribution in [-0.2, 0) is 19.1 Å². The van der Waals surface area contributed by atoms with E-state index in [1.807, 2.05) is 6.92 Å². The molecule has 0 aromatic heterocycles. The molecule has 0 amide bonds. The fraction of sp³-hybridized carbons (Fsp3) is 0.600. The van der Waals surface area contributed by atoms with E-state index in [0.29, 0.717) is 12.0 Å². The molecule has 20 heavy (non-hydrogen) atoms. The number of halogens is 1. The minimum Gasteiger partial charge on any atom is -0.462 e. The van der Waals surface area contributed by atoms with Crippen molar-refractivity contribution in [2.75, 3.05) is 6.61 Å². The maximum atomic E-state index is 14.0. The normalized spacial score (nSPS) is 18.9. The van der Waals surface area contributed by atoms with Crippen molar-refractivity contribution in [2.24, 2.45) is 5.92 Å². The van der Waals surface area contributed by atoms with Crippen LogP contribution in [0.3, 0.4) is 0 Å². The molecule has 0 fully saturated rings. The lowest BCUT2D eigenvalue weighted by Gasteiger charge is -2.27. The molecule has 0 spiro atoms. The molecular formula is C15H21FO4. The topological polar surface area (TPSA) is 52.6 Å². The van der Waals surface area contributed by atoms with Gasteiger partial charge in [0, 0.05) is 11.5 Å². The first kappa shape index (κ1) is 16.4. The van der Waals surface area contributed by atoms with Crippen LogP contribution < -0.4 is 0 Å². The van der Waals surface area contributed by atoms with Crippen molar-refractivity contribution in [1.82, 2.24) is 0 Å². The Hall–Kier alpha value is -1.65. The Morgan fingerprint density at radius 1 is 1.30 bits per heavy atom. The van der Waals surface area contributed by atoms with Gasteiger partial charge in [-0.2, -0.15) is 4.39 Å². The van der Waals surface area contributed by atoms with Gasteiger partial charge in [-0.3, -0.25) is 4.79 Å². The maximum absolute atomic E-state index is 14.0. The minimum absolute atomic E-state index is 0.147. The van der Waals surface area contributed by atoms with E-state index in [-0.39, 0.29) is 23.7 Å². The molecule has 112 valence electrons. The summed E-state index contributed by atoms with van der Waals surface area (Å²) in [5.41, 5.74) is 0.194. The van der Waals surface area contributed by atoms with Gasteiger partial charge in [-0.1, -0.05) is 19.8 Å². The van der Waals surface area contributed by atoms with Gasteiger partial charge in [0.15, 0.2) is 5.78 Å². The van der Waals surface area contributed by atoms with Gasteiger partial charge in [-0.15, -0.1) is 0 Å². The van der Waals surface area contributed by atoms with Gasteiger partial charge in [0.25, 0.3) is 6.01 Å². The Bertz CT molecular complexity index is 462. The van der Waals surface area contributed by atoms with Crippen LogP contribution in [-0.4, -0.2) is 18.4 Å². The standard InChI is InChI=1S/C15H21FO4/c1-5-7-8-11-12(9(3)17)10(4)20-14(16)13(11)15(18)19-6-2/h11H,5-8H2,1-4H3. The second-order valence-electron chi connectivity index (χ2n) is 4.73. The number of Topliss-reactive ketones (excluding diaryl/α,β-unsaturated/α-hetero) is 1. The lowest BCUT2D eigenvalue weighted by molar-refractivity contribution is -0.139. The van der Waals surface area contributed by atoms with Gasteiger partial charge in [0.05, 0.1) is 6.61 Å². The van der Waals surface area contributed by atoms with Crippen molar-refractivity contribution in [2.45, 2.75) is 47.0 Å². The fourth-order valence-corrected chi connectivity index (χ4v) is 2.39. The van der Waals surface area contributed by atoms with E-state index in [9.17, 15) is 14.0 Å². The molecule has 1 aliphatic heterocycles. The molecule has 0 aromatic rings. The third-order valence-corrected chi connectivity index (χ3v) is 3.25. The highest BCUT2D eigenvalue weighted by atomic mass is 19.1. The summed E-state index contributed by atoms with van der Waals surface area (Å²) in [4.78, 5) is 23.7. The van der Waals surface area contributed by atoms with Crippen molar-refractivity contribution < 1.29 is 23.5 Å². The number of rotatable bonds is 6. The molecule has 1 heterocycles. The summed E-state index contributed by atoms with van der Waals surface area (Å²) in [7, 11) is 0. The predicted molar refractivity (Wildman–Crippen MR) is 72.2 cm³/mol. The van der Waals surface area contributed by atoms with Crippen molar-refractivity contribution in [3.8, 4) is 0 Å². The monoisotopic (exact) mass is 284 g/mol. The second kappa shape index (κ2) is 7.22. The summed E-state index contributed by atoms with van der Waals surface area (Å²) < 4.78 is 23.8. The van der Waals surface area contributed by atoms with Crippen LogP contribution >= 0.6 is 0 Å². The van der Waals surface area contributed by atoms with Crippen LogP contribution in [0.15, 0.2) is 22.9 Å². The highest BCUT2D eigenvalue weighted by Crippen LogP contribution is 2.37. The van der Waals surface area contributed by atoms with Gasteiger partial charge in [0.2, 0.25) is 0 Å². The Morgan fingerprint density at radius 3 is 2.45 bits per heavy atom. The van der Waals surface area contributed by atoms with E-state index in [1.165, 1.54) is 13.8 Å². The van der Waals surface area contributed by atoms with E-state index < -0.39 is 17.9 Å². The molecule has 0 N–H and O–H groups in total. The first-order valence-corrected chi connectivity index (χ1v) is 6.90. The number of hydrogen-bond donors (Lipinski definition) is 0. The summed E-state index contributed by atoms with van der Waals surface area (Å²) >= 11 is 0. The first-order valence-electron chi connectivity index (χ1n) is 6.90. The molecule has 0 aliphatic carbocycles. The molecule has 0 aromatic carbocycles. The average molecular weight is 284 g/mol. The number of ether oxygens (including phenoxy) is 2. The van der Waals surface area contributed by atoms with Crippen molar-refractivity contribution >= 4 is 11.8 Å². The predicted octanol–water partition coefficient (Wildman–Crippen LogP) is 3.43. The van der Waals surface area contributed by atoms with Gasteiger partial charge in [-0.25, -0.2) is 4.79 Å². The molecule has 0 bridgehead atoms. The first-order chi connectivity index (χ1) is 9.43. The zero-order chi connectivity index (χ0) is 15.3. The lowest BCUT2D eigenvalue weighted by Crippen LogP contribution is -2.26. The number of allylic oxidation sites excluding steroid dienone is 2. The van der Waals surface area contributed by atoms with Gasteiger partial charge in [0.1, 0.15) is 11.3 Å². The molecular weight excluding hydrogens is 263 g/mol. The van der Waals surface area contributed by atoms with Crippen LogP contribution in [0.5, 0.6) is 0 Å². The zero-order valence-electron chi connectivity index (χ0n) is 12.4. The van der Waals surface area contributed by atoms with Gasteiger partial charge < -0.3 is 9.47 Å². The molecule has 1 atom stereocenters. The van der Waals surface area contributed by atoms with Crippen LogP contribution in [0.1, 0.15) is 47.0 Å². The van der Waals surface area contributed by atoms with Gasteiger partial charge in [-0.05, 0) is 27.2 Å². The van der Waals surface area contributed by atoms with Crippen LogP contribution in [0, 0.1) is 5.92 Å². The summed E-state index contributed by atoms with van der Waals surface area (Å²) in [6, 6.07) is -0.952. The highest BCUT2D eigenvalue weighted by molar-refractivity contribution is 5.99. The van der Waals surface area contributed by atoms with Crippen LogP contribution in [0.4, 0.5) is 4.39 Å². The zero-order valence-corrected chi connectivity index (χ0v) is 12.4. The molecule has 4 nitrogen and oxygen atoms in total. The Kier molecular flexibility index (Phi) is 5.92. The summed E-state index contributed by atoms with van der Waals surface area (Å²) in [5.74, 6) is -1.32. The van der Waals surface area contributed by atoms with Crippen LogP contribution in [0.25, 0.3) is 0 Å². The average Bonchev–Trinajstić information content (AvgIpc) is 2.35. The number of hydrogen-bond acceptors (Lipinski definition) is 4. The molecule has 1 unspecified atom stereocenters. The Morgan fingerprint density at radius 2 is 1.95 bits per heavy atom. The number of ketones is 1. The van der Waals surface area contributed by atoms with E-state index in [4.69, 9.17) is 9.47 Å². The van der Waals surface area contributed by atoms with E-state index in [1.54, 1.807) is 6.92 Å². The molecule has 5 heteroatoms. The third-order valence-electron chi connectivity index (χ3n) is 3.25.